The number of thioether (sulfide) groups is 1. The van der Waals surface area contributed by atoms with Gasteiger partial charge < -0.3 is 4.74 Å². The lowest BCUT2D eigenvalue weighted by Gasteiger charge is -2.11. The van der Waals surface area contributed by atoms with Crippen LogP contribution in [0.5, 0.6) is 0 Å². The van der Waals surface area contributed by atoms with Crippen LogP contribution in [0.2, 0.25) is 0 Å². The van der Waals surface area contributed by atoms with Crippen LogP contribution in [0.25, 0.3) is 0 Å². The Kier molecular flexibility index (Phi) is 2.84. The first kappa shape index (κ1) is 9.66. The fourth-order valence-corrected chi connectivity index (χ4v) is 1.48. The summed E-state index contributed by atoms with van der Waals surface area (Å²) in [7, 11) is 0. The second-order valence-electron chi connectivity index (χ2n) is 2.06. The molecule has 7 heteroatoms. The Hall–Kier alpha value is -0.430. The van der Waals surface area contributed by atoms with Gasteiger partial charge in [-0.2, -0.15) is 13.2 Å². The van der Waals surface area contributed by atoms with E-state index in [9.17, 15) is 18.0 Å². The number of nitrogens with one attached hydrogen (secondary N) is 1. The molecule has 0 aromatic heterocycles. The third-order valence-corrected chi connectivity index (χ3v) is 2.13. The maximum atomic E-state index is 11.6. The molecule has 0 aromatic rings. The Balaban J connectivity index is 2.35. The third kappa shape index (κ3) is 2.56. The molecular formula is C5H6F3NO2S. The molecule has 1 heterocycles. The van der Waals surface area contributed by atoms with E-state index in [1.54, 1.807) is 0 Å². The summed E-state index contributed by atoms with van der Waals surface area (Å²) < 4.78 is 38.8. The summed E-state index contributed by atoms with van der Waals surface area (Å²) in [5.74, 6) is -1.50. The van der Waals surface area contributed by atoms with Crippen LogP contribution in [0.15, 0.2) is 0 Å². The molecule has 0 bridgehead atoms. The zero-order valence-electron chi connectivity index (χ0n) is 5.85. The van der Waals surface area contributed by atoms with Gasteiger partial charge >= 0.3 is 12.1 Å². The van der Waals surface area contributed by atoms with E-state index in [0.717, 1.165) is 11.8 Å². The Morgan fingerprint density at radius 3 is 2.67 bits per heavy atom. The topological polar surface area (TPSA) is 38.3 Å². The molecule has 1 unspecified atom stereocenters. The Labute approximate surface area is 70.6 Å². The van der Waals surface area contributed by atoms with Crippen molar-refractivity contribution in [3.05, 3.63) is 0 Å². The first-order valence-electron chi connectivity index (χ1n) is 3.13. The maximum Gasteiger partial charge on any atom is 0.491 e. The quantitative estimate of drug-likeness (QED) is 0.634. The molecule has 1 rings (SSSR count). The van der Waals surface area contributed by atoms with E-state index in [4.69, 9.17) is 0 Å². The van der Waals surface area contributed by atoms with Crippen LogP contribution in [0.3, 0.4) is 0 Å². The Morgan fingerprint density at radius 1 is 1.58 bits per heavy atom. The molecule has 12 heavy (non-hydrogen) atoms. The number of esters is 1. The maximum absolute atomic E-state index is 11.6. The van der Waals surface area contributed by atoms with Crippen LogP contribution in [-0.4, -0.2) is 30.0 Å². The number of carbonyl (C=O) groups is 1. The van der Waals surface area contributed by atoms with Gasteiger partial charge in [0.15, 0.2) is 0 Å². The third-order valence-electron chi connectivity index (χ3n) is 1.13. The van der Waals surface area contributed by atoms with Gasteiger partial charge in [0.2, 0.25) is 5.56 Å². The lowest BCUT2D eigenvalue weighted by molar-refractivity contribution is -0.201. The van der Waals surface area contributed by atoms with Crippen molar-refractivity contribution in [1.29, 1.82) is 0 Å². The SMILES string of the molecule is O=C(OC1NCCS1)C(F)(F)F. The highest BCUT2D eigenvalue weighted by Gasteiger charge is 2.42. The summed E-state index contributed by atoms with van der Waals surface area (Å²) in [5.41, 5.74) is -0.848. The van der Waals surface area contributed by atoms with Gasteiger partial charge in [0, 0.05) is 12.3 Å². The van der Waals surface area contributed by atoms with Gasteiger partial charge in [-0.3, -0.25) is 5.32 Å². The molecule has 0 spiro atoms. The normalized spacial score (nSPS) is 24.1. The minimum atomic E-state index is -4.90. The van der Waals surface area contributed by atoms with Gasteiger partial charge in [0.1, 0.15) is 0 Å². The standard InChI is InChI=1S/C5H6F3NO2S/c6-5(7,8)3(10)11-4-9-1-2-12-4/h4,9H,1-2H2. The Morgan fingerprint density at radius 2 is 2.25 bits per heavy atom. The summed E-state index contributed by atoms with van der Waals surface area (Å²) in [6.07, 6.45) is -4.90. The largest absolute Gasteiger partial charge is 0.491 e. The smallest absolute Gasteiger partial charge is 0.430 e. The van der Waals surface area contributed by atoms with Gasteiger partial charge in [-0.1, -0.05) is 0 Å². The van der Waals surface area contributed by atoms with E-state index in [-0.39, 0.29) is 0 Å². The van der Waals surface area contributed by atoms with Crippen molar-refractivity contribution in [3.63, 3.8) is 0 Å². The summed E-state index contributed by atoms with van der Waals surface area (Å²) in [4.78, 5) is 10.2. The number of alkyl halides is 3. The second kappa shape index (κ2) is 3.53. The van der Waals surface area contributed by atoms with E-state index in [0.29, 0.717) is 12.3 Å². The van der Waals surface area contributed by atoms with Gasteiger partial charge in [0.05, 0.1) is 0 Å². The minimum Gasteiger partial charge on any atom is -0.430 e. The molecule has 0 amide bonds. The van der Waals surface area contributed by atoms with Crippen molar-refractivity contribution in [1.82, 2.24) is 5.32 Å². The number of ether oxygens (including phenoxy) is 1. The Bertz CT molecular complexity index is 178. The molecule has 1 aliphatic heterocycles. The van der Waals surface area contributed by atoms with Crippen LogP contribution in [-0.2, 0) is 9.53 Å². The molecule has 3 nitrogen and oxygen atoms in total. The predicted molar refractivity (Wildman–Crippen MR) is 36.4 cm³/mol. The fraction of sp³-hybridized carbons (Fsp3) is 0.800. The first-order valence-corrected chi connectivity index (χ1v) is 4.18. The van der Waals surface area contributed by atoms with Gasteiger partial charge in [0.25, 0.3) is 0 Å². The molecule has 1 fully saturated rings. The van der Waals surface area contributed by atoms with E-state index < -0.39 is 17.7 Å². The van der Waals surface area contributed by atoms with Crippen LogP contribution < -0.4 is 5.32 Å². The molecule has 1 N–H and O–H groups in total. The van der Waals surface area contributed by atoms with Crippen LogP contribution >= 0.6 is 11.8 Å². The summed E-state index contributed by atoms with van der Waals surface area (Å²) in [5, 5.41) is 2.58. The number of carbonyl (C=O) groups excluding carboxylic acids is 1. The minimum absolute atomic E-state index is 0.556. The summed E-state index contributed by atoms with van der Waals surface area (Å²) in [6.45, 7) is 0.556. The van der Waals surface area contributed by atoms with Gasteiger partial charge in [-0.05, 0) is 0 Å². The van der Waals surface area contributed by atoms with Crippen molar-refractivity contribution >= 4 is 17.7 Å². The lowest BCUT2D eigenvalue weighted by Crippen LogP contribution is -2.33. The van der Waals surface area contributed by atoms with Crippen LogP contribution in [0.1, 0.15) is 0 Å². The first-order chi connectivity index (χ1) is 5.50. The number of hydrogen-bond acceptors (Lipinski definition) is 4. The fourth-order valence-electron chi connectivity index (χ4n) is 0.641. The number of hydrogen-bond donors (Lipinski definition) is 1. The molecule has 1 saturated heterocycles. The lowest BCUT2D eigenvalue weighted by atomic mass is 10.7. The highest BCUT2D eigenvalue weighted by atomic mass is 32.2. The zero-order chi connectivity index (χ0) is 9.19. The average Bonchev–Trinajstić information content (AvgIpc) is 2.37. The van der Waals surface area contributed by atoms with Crippen molar-refractivity contribution in [2.45, 2.75) is 11.7 Å². The van der Waals surface area contributed by atoms with E-state index in [2.05, 4.69) is 10.1 Å². The van der Waals surface area contributed by atoms with E-state index in [1.165, 1.54) is 0 Å². The molecule has 0 aromatic carbocycles. The summed E-state index contributed by atoms with van der Waals surface area (Å²) >= 11 is 1.13. The van der Waals surface area contributed by atoms with Crippen LogP contribution in [0.4, 0.5) is 13.2 Å². The van der Waals surface area contributed by atoms with E-state index >= 15 is 0 Å². The second-order valence-corrected chi connectivity index (χ2v) is 3.23. The zero-order valence-corrected chi connectivity index (χ0v) is 6.67. The van der Waals surface area contributed by atoms with Crippen molar-refractivity contribution in [3.8, 4) is 0 Å². The molecule has 0 saturated carbocycles. The summed E-state index contributed by atoms with van der Waals surface area (Å²) in [6, 6.07) is 0. The highest BCUT2D eigenvalue weighted by Crippen LogP contribution is 2.21. The van der Waals surface area contributed by atoms with Crippen molar-refractivity contribution in [2.75, 3.05) is 12.3 Å². The van der Waals surface area contributed by atoms with Crippen molar-refractivity contribution < 1.29 is 22.7 Å². The van der Waals surface area contributed by atoms with E-state index in [1.807, 2.05) is 0 Å². The number of halogens is 3. The monoisotopic (exact) mass is 201 g/mol. The average molecular weight is 201 g/mol. The molecular weight excluding hydrogens is 195 g/mol. The van der Waals surface area contributed by atoms with Gasteiger partial charge in [-0.25, -0.2) is 4.79 Å². The molecule has 1 aliphatic rings. The molecule has 0 aliphatic carbocycles. The molecule has 70 valence electrons. The molecule has 1 atom stereocenters. The molecule has 0 radical (unpaired) electrons. The van der Waals surface area contributed by atoms with Crippen LogP contribution in [0, 0.1) is 0 Å². The predicted octanol–water partition coefficient (Wildman–Crippen LogP) is 0.712. The van der Waals surface area contributed by atoms with Crippen molar-refractivity contribution in [2.24, 2.45) is 0 Å². The van der Waals surface area contributed by atoms with Gasteiger partial charge in [-0.15, -0.1) is 11.8 Å². The number of rotatable bonds is 1. The highest BCUT2D eigenvalue weighted by molar-refractivity contribution is 8.00.